The van der Waals surface area contributed by atoms with E-state index >= 15 is 0 Å². The van der Waals surface area contributed by atoms with Gasteiger partial charge in [-0.15, -0.1) is 5.10 Å². The van der Waals surface area contributed by atoms with Gasteiger partial charge in [0.1, 0.15) is 6.33 Å². The molecule has 0 unspecified atom stereocenters. The van der Waals surface area contributed by atoms with Gasteiger partial charge in [-0.1, -0.05) is 17.2 Å². The molecule has 0 atom stereocenters. The van der Waals surface area contributed by atoms with Crippen molar-refractivity contribution in [2.75, 3.05) is 6.54 Å². The minimum absolute atomic E-state index is 0.0234. The third kappa shape index (κ3) is 4.37. The van der Waals surface area contributed by atoms with Gasteiger partial charge in [-0.3, -0.25) is 9.59 Å². The number of amides is 1. The standard InChI is InChI=1S/C16H18N4O2/c1-11-6-12(2)8-14(7-11)16-18-10-20(19-16)5-4-15(22)9-17-13(3)21/h4-8,10H,9H2,1-3H3,(H,17,21)/b5-4-. The van der Waals surface area contributed by atoms with Crippen LogP contribution in [0.2, 0.25) is 0 Å². The average molecular weight is 298 g/mol. The van der Waals surface area contributed by atoms with Crippen molar-refractivity contribution in [3.63, 3.8) is 0 Å². The second kappa shape index (κ2) is 6.80. The van der Waals surface area contributed by atoms with Crippen LogP contribution in [0.4, 0.5) is 0 Å². The molecule has 114 valence electrons. The van der Waals surface area contributed by atoms with Gasteiger partial charge >= 0.3 is 0 Å². The molecule has 0 aliphatic heterocycles. The first-order chi connectivity index (χ1) is 10.4. The van der Waals surface area contributed by atoms with E-state index in [1.807, 2.05) is 26.0 Å². The topological polar surface area (TPSA) is 76.9 Å². The number of hydrogen-bond donors (Lipinski definition) is 1. The summed E-state index contributed by atoms with van der Waals surface area (Å²) in [6.07, 6.45) is 4.41. The Kier molecular flexibility index (Phi) is 4.83. The van der Waals surface area contributed by atoms with E-state index < -0.39 is 0 Å². The first kappa shape index (κ1) is 15.6. The van der Waals surface area contributed by atoms with E-state index in [4.69, 9.17) is 0 Å². The fourth-order valence-electron chi connectivity index (χ4n) is 2.01. The molecule has 0 spiro atoms. The van der Waals surface area contributed by atoms with E-state index in [9.17, 15) is 9.59 Å². The summed E-state index contributed by atoms with van der Waals surface area (Å²) in [5.41, 5.74) is 3.23. The lowest BCUT2D eigenvalue weighted by Crippen LogP contribution is -2.26. The van der Waals surface area contributed by atoms with Gasteiger partial charge in [-0.05, 0) is 26.0 Å². The number of ketones is 1. The van der Waals surface area contributed by atoms with Gasteiger partial charge < -0.3 is 5.32 Å². The highest BCUT2D eigenvalue weighted by Crippen LogP contribution is 2.18. The fraction of sp³-hybridized carbons (Fsp3) is 0.250. The van der Waals surface area contributed by atoms with Crippen molar-refractivity contribution in [2.45, 2.75) is 20.8 Å². The second-order valence-electron chi connectivity index (χ2n) is 5.12. The summed E-state index contributed by atoms with van der Waals surface area (Å²) in [4.78, 5) is 26.5. The van der Waals surface area contributed by atoms with Crippen LogP contribution in [0.3, 0.4) is 0 Å². The molecule has 6 nitrogen and oxygen atoms in total. The molecule has 1 aromatic heterocycles. The van der Waals surface area contributed by atoms with Crippen molar-refractivity contribution >= 4 is 17.9 Å². The van der Waals surface area contributed by atoms with Crippen molar-refractivity contribution in [2.24, 2.45) is 0 Å². The van der Waals surface area contributed by atoms with Crippen LogP contribution in [-0.4, -0.2) is 33.0 Å². The molecule has 0 saturated carbocycles. The molecule has 0 radical (unpaired) electrons. The highest BCUT2D eigenvalue weighted by Gasteiger charge is 2.05. The maximum Gasteiger partial charge on any atom is 0.217 e. The SMILES string of the molecule is CC(=O)NCC(=O)/C=C\n1cnc(-c2cc(C)cc(C)c2)n1. The van der Waals surface area contributed by atoms with Gasteiger partial charge in [-0.2, -0.15) is 0 Å². The zero-order chi connectivity index (χ0) is 16.1. The quantitative estimate of drug-likeness (QED) is 0.853. The van der Waals surface area contributed by atoms with Crippen LogP contribution < -0.4 is 5.32 Å². The molecule has 2 rings (SSSR count). The molecule has 1 heterocycles. The van der Waals surface area contributed by atoms with Crippen molar-refractivity contribution in [1.82, 2.24) is 20.1 Å². The number of benzene rings is 1. The molecule has 2 aromatic rings. The highest BCUT2D eigenvalue weighted by atomic mass is 16.2. The normalized spacial score (nSPS) is 10.9. The highest BCUT2D eigenvalue weighted by molar-refractivity contribution is 5.95. The summed E-state index contributed by atoms with van der Waals surface area (Å²) in [5, 5.41) is 6.75. The molecule has 22 heavy (non-hydrogen) atoms. The van der Waals surface area contributed by atoms with Crippen molar-refractivity contribution in [1.29, 1.82) is 0 Å². The second-order valence-corrected chi connectivity index (χ2v) is 5.12. The minimum atomic E-state index is -0.236. The summed E-state index contributed by atoms with van der Waals surface area (Å²) in [6.45, 7) is 5.39. The third-order valence-corrected chi connectivity index (χ3v) is 2.91. The number of carbonyl (C=O) groups excluding carboxylic acids is 2. The zero-order valence-corrected chi connectivity index (χ0v) is 12.8. The number of aromatic nitrogens is 3. The third-order valence-electron chi connectivity index (χ3n) is 2.91. The smallest absolute Gasteiger partial charge is 0.217 e. The van der Waals surface area contributed by atoms with E-state index in [0.717, 1.165) is 16.7 Å². The Morgan fingerprint density at radius 1 is 1.23 bits per heavy atom. The molecule has 0 aliphatic carbocycles. The lowest BCUT2D eigenvalue weighted by atomic mass is 10.1. The Balaban J connectivity index is 2.08. The number of aryl methyl sites for hydroxylation is 2. The summed E-state index contributed by atoms with van der Waals surface area (Å²) in [5.74, 6) is 0.156. The first-order valence-electron chi connectivity index (χ1n) is 6.89. The molecular weight excluding hydrogens is 280 g/mol. The Bertz CT molecular complexity index is 711. The van der Waals surface area contributed by atoms with Crippen LogP contribution in [0.25, 0.3) is 17.6 Å². The Morgan fingerprint density at radius 3 is 2.55 bits per heavy atom. The number of carbonyl (C=O) groups is 2. The van der Waals surface area contributed by atoms with Gasteiger partial charge in [0.05, 0.1) is 6.54 Å². The van der Waals surface area contributed by atoms with Crippen molar-refractivity contribution in [3.05, 3.63) is 41.7 Å². The van der Waals surface area contributed by atoms with Gasteiger partial charge in [0, 0.05) is 24.8 Å². The Morgan fingerprint density at radius 2 is 1.91 bits per heavy atom. The van der Waals surface area contributed by atoms with Crippen LogP contribution in [0.15, 0.2) is 30.6 Å². The van der Waals surface area contributed by atoms with Crippen LogP contribution in [-0.2, 0) is 9.59 Å². The van der Waals surface area contributed by atoms with E-state index in [1.165, 1.54) is 30.2 Å². The predicted molar refractivity (Wildman–Crippen MR) is 84.0 cm³/mol. The Hall–Kier alpha value is -2.76. The molecule has 1 N–H and O–H groups in total. The van der Waals surface area contributed by atoms with Crippen molar-refractivity contribution < 1.29 is 9.59 Å². The molecule has 0 bridgehead atoms. The number of nitrogens with zero attached hydrogens (tertiary/aromatic N) is 3. The summed E-state index contributed by atoms with van der Waals surface area (Å²) in [6, 6.07) is 6.11. The molecule has 1 aromatic carbocycles. The minimum Gasteiger partial charge on any atom is -0.349 e. The number of rotatable bonds is 5. The van der Waals surface area contributed by atoms with Crippen LogP contribution >= 0.6 is 0 Å². The molecule has 1 amide bonds. The zero-order valence-electron chi connectivity index (χ0n) is 12.8. The average Bonchev–Trinajstić information content (AvgIpc) is 2.90. The summed E-state index contributed by atoms with van der Waals surface area (Å²) >= 11 is 0. The lowest BCUT2D eigenvalue weighted by Gasteiger charge is -2.00. The van der Waals surface area contributed by atoms with Crippen LogP contribution in [0.1, 0.15) is 18.1 Å². The monoisotopic (exact) mass is 298 g/mol. The van der Waals surface area contributed by atoms with Gasteiger partial charge in [-0.25, -0.2) is 9.67 Å². The molecule has 6 heteroatoms. The molecule has 0 aliphatic rings. The number of hydrogen-bond acceptors (Lipinski definition) is 4. The largest absolute Gasteiger partial charge is 0.349 e. The number of nitrogens with one attached hydrogen (secondary N) is 1. The van der Waals surface area contributed by atoms with E-state index in [0.29, 0.717) is 5.82 Å². The van der Waals surface area contributed by atoms with Gasteiger partial charge in [0.25, 0.3) is 0 Å². The predicted octanol–water partition coefficient (Wildman–Crippen LogP) is 1.74. The molecule has 0 saturated heterocycles. The fourth-order valence-corrected chi connectivity index (χ4v) is 2.01. The van der Waals surface area contributed by atoms with Crippen molar-refractivity contribution in [3.8, 4) is 11.4 Å². The summed E-state index contributed by atoms with van der Waals surface area (Å²) < 4.78 is 1.47. The van der Waals surface area contributed by atoms with E-state index in [-0.39, 0.29) is 18.2 Å². The summed E-state index contributed by atoms with van der Waals surface area (Å²) in [7, 11) is 0. The van der Waals surface area contributed by atoms with E-state index in [1.54, 1.807) is 0 Å². The van der Waals surface area contributed by atoms with E-state index in [2.05, 4.69) is 21.5 Å². The van der Waals surface area contributed by atoms with Crippen LogP contribution in [0.5, 0.6) is 0 Å². The lowest BCUT2D eigenvalue weighted by molar-refractivity contribution is -0.122. The van der Waals surface area contributed by atoms with Gasteiger partial charge in [0.15, 0.2) is 11.6 Å². The molecular formula is C16H18N4O2. The maximum atomic E-state index is 11.5. The molecule has 0 fully saturated rings. The first-order valence-corrected chi connectivity index (χ1v) is 6.89. The Labute approximate surface area is 128 Å². The van der Waals surface area contributed by atoms with Gasteiger partial charge in [0.2, 0.25) is 5.91 Å². The maximum absolute atomic E-state index is 11.5. The van der Waals surface area contributed by atoms with Crippen LogP contribution in [0, 0.1) is 13.8 Å².